The molecule has 2 aromatic carbocycles. The van der Waals surface area contributed by atoms with Crippen molar-refractivity contribution in [3.63, 3.8) is 0 Å². The molecular weight excluding hydrogens is 609 g/mol. The minimum Gasteiger partial charge on any atom is -0.490 e. The summed E-state index contributed by atoms with van der Waals surface area (Å²) < 4.78 is 18.8. The van der Waals surface area contributed by atoms with Crippen molar-refractivity contribution >= 4 is 45.8 Å². The van der Waals surface area contributed by atoms with Gasteiger partial charge >= 0.3 is 0 Å². The standard InChI is InChI=1S/C31H32INO6/c1-4-37-26-15-19(14-21(32)31(26)38-16-27(36)33-20-12-11-17(2)18(3)13-20)28-29-22(34)7-5-9-24(29)39-25-10-6-8-23(35)30(25)28/h11-15,28H,4-10,16H2,1-3H3,(H,33,36). The lowest BCUT2D eigenvalue weighted by Gasteiger charge is -2.36. The molecule has 0 bridgehead atoms. The number of carbonyl (C=O) groups is 3. The van der Waals surface area contributed by atoms with E-state index in [1.165, 1.54) is 0 Å². The normalized spacial score (nSPS) is 17.4. The van der Waals surface area contributed by atoms with Crippen LogP contribution >= 0.6 is 22.6 Å². The molecule has 0 unspecified atom stereocenters. The van der Waals surface area contributed by atoms with Crippen LogP contribution in [0.4, 0.5) is 5.69 Å². The van der Waals surface area contributed by atoms with Crippen molar-refractivity contribution in [3.8, 4) is 11.5 Å². The summed E-state index contributed by atoms with van der Waals surface area (Å²) in [5.41, 5.74) is 4.94. The Hall–Kier alpha value is -3.14. The van der Waals surface area contributed by atoms with Crippen LogP contribution in [0.3, 0.4) is 0 Å². The number of rotatable bonds is 7. The first-order valence-corrected chi connectivity index (χ1v) is 14.5. The highest BCUT2D eigenvalue weighted by atomic mass is 127. The Morgan fingerprint density at radius 1 is 0.949 bits per heavy atom. The quantitative estimate of drug-likeness (QED) is 0.350. The zero-order valence-corrected chi connectivity index (χ0v) is 24.6. The Kier molecular flexibility index (Phi) is 8.11. The smallest absolute Gasteiger partial charge is 0.262 e. The first kappa shape index (κ1) is 27.4. The molecular formula is C31H32INO6. The summed E-state index contributed by atoms with van der Waals surface area (Å²) in [5, 5.41) is 2.88. The van der Waals surface area contributed by atoms with Gasteiger partial charge in [-0.1, -0.05) is 6.07 Å². The van der Waals surface area contributed by atoms with Crippen molar-refractivity contribution in [2.45, 2.75) is 65.2 Å². The van der Waals surface area contributed by atoms with Crippen LogP contribution in [-0.2, 0) is 19.1 Å². The van der Waals surface area contributed by atoms with Crippen molar-refractivity contribution in [2.75, 3.05) is 18.5 Å². The lowest BCUT2D eigenvalue weighted by Crippen LogP contribution is -2.30. The van der Waals surface area contributed by atoms with Gasteiger partial charge in [0.15, 0.2) is 29.7 Å². The van der Waals surface area contributed by atoms with Crippen LogP contribution in [0.5, 0.6) is 11.5 Å². The van der Waals surface area contributed by atoms with Gasteiger partial charge in [-0.3, -0.25) is 14.4 Å². The number of Topliss-reactive ketones (excluding diaryl/α,β-unsaturated/α-hetero) is 2. The Morgan fingerprint density at radius 3 is 2.23 bits per heavy atom. The highest BCUT2D eigenvalue weighted by molar-refractivity contribution is 14.1. The number of hydrogen-bond acceptors (Lipinski definition) is 6. The molecule has 0 aromatic heterocycles. The van der Waals surface area contributed by atoms with Crippen LogP contribution in [0.1, 0.15) is 68.1 Å². The molecule has 0 radical (unpaired) electrons. The molecule has 0 fully saturated rings. The molecule has 5 rings (SSSR count). The molecule has 2 aromatic rings. The van der Waals surface area contributed by atoms with Crippen LogP contribution in [-0.4, -0.2) is 30.7 Å². The number of nitrogens with one attached hydrogen (secondary N) is 1. The zero-order valence-electron chi connectivity index (χ0n) is 22.4. The SMILES string of the molecule is CCOc1cc(C2C3=C(CCCC3=O)OC3=C2C(=O)CCC3)cc(I)c1OCC(=O)Nc1ccc(C)c(C)c1. The molecule has 204 valence electrons. The molecule has 39 heavy (non-hydrogen) atoms. The molecule has 1 aliphatic heterocycles. The van der Waals surface area contributed by atoms with Gasteiger partial charge in [0.2, 0.25) is 0 Å². The fraction of sp³-hybridized carbons (Fsp3) is 0.387. The maximum Gasteiger partial charge on any atom is 0.262 e. The summed E-state index contributed by atoms with van der Waals surface area (Å²) >= 11 is 2.16. The summed E-state index contributed by atoms with van der Waals surface area (Å²) in [5.74, 6) is 1.61. The maximum atomic E-state index is 13.1. The van der Waals surface area contributed by atoms with Crippen molar-refractivity contribution in [3.05, 3.63) is 73.3 Å². The minimum absolute atomic E-state index is 0.0301. The third-order valence-corrected chi connectivity index (χ3v) is 8.25. The Balaban J connectivity index is 1.46. The number of ether oxygens (including phenoxy) is 3. The average Bonchev–Trinajstić information content (AvgIpc) is 2.89. The summed E-state index contributed by atoms with van der Waals surface area (Å²) in [7, 11) is 0. The third kappa shape index (κ3) is 5.62. The topological polar surface area (TPSA) is 90.9 Å². The van der Waals surface area contributed by atoms with Gasteiger partial charge < -0.3 is 19.5 Å². The second-order valence-corrected chi connectivity index (χ2v) is 11.3. The Morgan fingerprint density at radius 2 is 1.62 bits per heavy atom. The zero-order chi connectivity index (χ0) is 27.7. The summed E-state index contributed by atoms with van der Waals surface area (Å²) in [6, 6.07) is 9.53. The van der Waals surface area contributed by atoms with E-state index in [-0.39, 0.29) is 24.1 Å². The van der Waals surface area contributed by atoms with Crippen molar-refractivity contribution in [1.82, 2.24) is 0 Å². The van der Waals surface area contributed by atoms with Crippen LogP contribution in [0.15, 0.2) is 53.0 Å². The average molecular weight is 642 g/mol. The molecule has 8 heteroatoms. The van der Waals surface area contributed by atoms with Gasteiger partial charge in [-0.25, -0.2) is 0 Å². The molecule has 0 atom stereocenters. The lowest BCUT2D eigenvalue weighted by atomic mass is 9.73. The first-order chi connectivity index (χ1) is 18.8. The van der Waals surface area contributed by atoms with Gasteiger partial charge in [0.05, 0.1) is 10.2 Å². The predicted octanol–water partition coefficient (Wildman–Crippen LogP) is 6.45. The molecule has 1 N–H and O–H groups in total. The number of aryl methyl sites for hydroxylation is 2. The number of halogens is 1. The van der Waals surface area contributed by atoms with Crippen molar-refractivity contribution in [1.29, 1.82) is 0 Å². The molecule has 3 aliphatic rings. The van der Waals surface area contributed by atoms with E-state index in [0.717, 1.165) is 33.1 Å². The molecule has 2 aliphatic carbocycles. The number of allylic oxidation sites excluding steroid dienone is 4. The molecule has 0 saturated carbocycles. The van der Waals surface area contributed by atoms with E-state index in [9.17, 15) is 14.4 Å². The van der Waals surface area contributed by atoms with Crippen LogP contribution in [0, 0.1) is 17.4 Å². The Bertz CT molecular complexity index is 1380. The summed E-state index contributed by atoms with van der Waals surface area (Å²) in [6.45, 7) is 6.09. The van der Waals surface area contributed by atoms with Gasteiger partial charge in [-0.15, -0.1) is 0 Å². The number of anilines is 1. The highest BCUT2D eigenvalue weighted by Gasteiger charge is 2.42. The molecule has 1 heterocycles. The van der Waals surface area contributed by atoms with Crippen molar-refractivity contribution in [2.24, 2.45) is 0 Å². The highest BCUT2D eigenvalue weighted by Crippen LogP contribution is 2.49. The van der Waals surface area contributed by atoms with E-state index in [2.05, 4.69) is 27.9 Å². The number of ketones is 2. The fourth-order valence-corrected chi connectivity index (χ4v) is 6.24. The van der Waals surface area contributed by atoms with E-state index in [0.29, 0.717) is 72.1 Å². The van der Waals surface area contributed by atoms with Gasteiger partial charge in [0.25, 0.3) is 5.91 Å². The van der Waals surface area contributed by atoms with Crippen LogP contribution in [0.25, 0.3) is 0 Å². The van der Waals surface area contributed by atoms with Crippen molar-refractivity contribution < 1.29 is 28.6 Å². The molecule has 7 nitrogen and oxygen atoms in total. The number of benzene rings is 2. The van der Waals surface area contributed by atoms with E-state index >= 15 is 0 Å². The van der Waals surface area contributed by atoms with Crippen LogP contribution < -0.4 is 14.8 Å². The largest absolute Gasteiger partial charge is 0.490 e. The number of carbonyl (C=O) groups excluding carboxylic acids is 3. The van der Waals surface area contributed by atoms with E-state index in [4.69, 9.17) is 14.2 Å². The van der Waals surface area contributed by atoms with Gasteiger partial charge in [-0.05, 0) is 97.2 Å². The fourth-order valence-electron chi connectivity index (χ4n) is 5.46. The second kappa shape index (κ2) is 11.5. The van der Waals surface area contributed by atoms with E-state index in [1.807, 2.05) is 51.1 Å². The molecule has 0 spiro atoms. The van der Waals surface area contributed by atoms with Gasteiger partial charge in [0, 0.05) is 48.4 Å². The predicted molar refractivity (Wildman–Crippen MR) is 156 cm³/mol. The van der Waals surface area contributed by atoms with E-state index in [1.54, 1.807) is 0 Å². The van der Waals surface area contributed by atoms with Gasteiger partial charge in [0.1, 0.15) is 11.5 Å². The second-order valence-electron chi connectivity index (χ2n) is 10.2. The van der Waals surface area contributed by atoms with E-state index < -0.39 is 5.92 Å². The first-order valence-electron chi connectivity index (χ1n) is 13.4. The number of amides is 1. The molecule has 1 amide bonds. The lowest BCUT2D eigenvalue weighted by molar-refractivity contribution is -0.119. The van der Waals surface area contributed by atoms with Crippen LogP contribution in [0.2, 0.25) is 0 Å². The summed E-state index contributed by atoms with van der Waals surface area (Å²) in [4.78, 5) is 39.0. The minimum atomic E-state index is -0.487. The van der Waals surface area contributed by atoms with Gasteiger partial charge in [-0.2, -0.15) is 0 Å². The maximum absolute atomic E-state index is 13.1. The monoisotopic (exact) mass is 641 g/mol. The molecule has 0 saturated heterocycles. The third-order valence-electron chi connectivity index (χ3n) is 7.44. The Labute approximate surface area is 242 Å². The summed E-state index contributed by atoms with van der Waals surface area (Å²) in [6.07, 6.45) is 3.77. The number of hydrogen-bond donors (Lipinski definition) is 1.